The maximum Gasteiger partial charge on any atom is 0.225 e. The standard InChI is InChI=1S/C13H14N4O3S2/c14-12-16-17-13(22-12)21-6-3-11(18)15-8-1-2-9-10(7-8)20-5-4-19-9/h1-2,7H,3-6H2,(H2,14,16)(H,15,18). The van der Waals surface area contributed by atoms with E-state index in [4.69, 9.17) is 15.2 Å². The van der Waals surface area contributed by atoms with E-state index in [1.54, 1.807) is 18.2 Å². The zero-order valence-corrected chi connectivity index (χ0v) is 13.2. The lowest BCUT2D eigenvalue weighted by atomic mass is 10.2. The Morgan fingerprint density at radius 2 is 2.14 bits per heavy atom. The van der Waals surface area contributed by atoms with Gasteiger partial charge in [0.2, 0.25) is 11.0 Å². The Morgan fingerprint density at radius 1 is 1.32 bits per heavy atom. The zero-order valence-electron chi connectivity index (χ0n) is 11.6. The number of nitrogen functional groups attached to an aromatic ring is 1. The molecule has 2 aromatic rings. The summed E-state index contributed by atoms with van der Waals surface area (Å²) in [7, 11) is 0. The van der Waals surface area contributed by atoms with Gasteiger partial charge in [-0.3, -0.25) is 4.79 Å². The molecule has 0 saturated heterocycles. The summed E-state index contributed by atoms with van der Waals surface area (Å²) in [6.07, 6.45) is 0.374. The van der Waals surface area contributed by atoms with Crippen LogP contribution in [0.25, 0.3) is 0 Å². The van der Waals surface area contributed by atoms with Gasteiger partial charge in [-0.1, -0.05) is 23.1 Å². The molecule has 22 heavy (non-hydrogen) atoms. The van der Waals surface area contributed by atoms with E-state index < -0.39 is 0 Å². The zero-order chi connectivity index (χ0) is 15.4. The summed E-state index contributed by atoms with van der Waals surface area (Å²) < 4.78 is 11.7. The molecule has 9 heteroatoms. The first-order valence-corrected chi connectivity index (χ1v) is 8.42. The van der Waals surface area contributed by atoms with Crippen LogP contribution in [0.1, 0.15) is 6.42 Å². The number of carbonyl (C=O) groups is 1. The van der Waals surface area contributed by atoms with Crippen molar-refractivity contribution in [3.63, 3.8) is 0 Å². The summed E-state index contributed by atoms with van der Waals surface area (Å²) >= 11 is 2.78. The first-order valence-electron chi connectivity index (χ1n) is 6.62. The van der Waals surface area contributed by atoms with Crippen LogP contribution >= 0.6 is 23.1 Å². The molecule has 1 aromatic carbocycles. The number of anilines is 2. The van der Waals surface area contributed by atoms with Crippen LogP contribution in [0.5, 0.6) is 11.5 Å². The highest BCUT2D eigenvalue weighted by atomic mass is 32.2. The van der Waals surface area contributed by atoms with Crippen LogP contribution in [0, 0.1) is 0 Å². The van der Waals surface area contributed by atoms with Gasteiger partial charge in [-0.15, -0.1) is 10.2 Å². The molecule has 0 fully saturated rings. The normalized spacial score (nSPS) is 12.9. The Kier molecular flexibility index (Phi) is 4.64. The van der Waals surface area contributed by atoms with Gasteiger partial charge in [0.15, 0.2) is 15.8 Å². The number of nitrogens with two attached hydrogens (primary N) is 1. The third-order valence-electron chi connectivity index (χ3n) is 2.80. The lowest BCUT2D eigenvalue weighted by Crippen LogP contribution is -2.16. The smallest absolute Gasteiger partial charge is 0.225 e. The van der Waals surface area contributed by atoms with Gasteiger partial charge in [-0.2, -0.15) is 0 Å². The number of benzene rings is 1. The number of hydrogen-bond donors (Lipinski definition) is 2. The molecule has 7 nitrogen and oxygen atoms in total. The van der Waals surface area contributed by atoms with Gasteiger partial charge in [0, 0.05) is 23.9 Å². The number of fused-ring (bicyclic) bond motifs is 1. The number of carbonyl (C=O) groups excluding carboxylic acids is 1. The van der Waals surface area contributed by atoms with Gasteiger partial charge < -0.3 is 20.5 Å². The first-order chi connectivity index (χ1) is 10.7. The molecule has 0 saturated carbocycles. The van der Waals surface area contributed by atoms with Crippen molar-refractivity contribution in [3.05, 3.63) is 18.2 Å². The minimum Gasteiger partial charge on any atom is -0.486 e. The van der Waals surface area contributed by atoms with Crippen molar-refractivity contribution in [1.82, 2.24) is 10.2 Å². The molecule has 1 amide bonds. The van der Waals surface area contributed by atoms with Crippen molar-refractivity contribution in [1.29, 1.82) is 0 Å². The number of ether oxygens (including phenoxy) is 2. The maximum absolute atomic E-state index is 11.9. The van der Waals surface area contributed by atoms with Crippen LogP contribution in [-0.4, -0.2) is 35.1 Å². The molecule has 1 aromatic heterocycles. The molecule has 1 aliphatic heterocycles. The highest BCUT2D eigenvalue weighted by Crippen LogP contribution is 2.32. The number of amides is 1. The monoisotopic (exact) mass is 338 g/mol. The molecule has 3 rings (SSSR count). The van der Waals surface area contributed by atoms with Crippen LogP contribution in [0.3, 0.4) is 0 Å². The summed E-state index contributed by atoms with van der Waals surface area (Å²) in [5, 5.41) is 10.9. The van der Waals surface area contributed by atoms with E-state index in [2.05, 4.69) is 15.5 Å². The fourth-order valence-electron chi connectivity index (χ4n) is 1.85. The van der Waals surface area contributed by atoms with E-state index in [-0.39, 0.29) is 5.91 Å². The van der Waals surface area contributed by atoms with Crippen LogP contribution in [0.4, 0.5) is 10.8 Å². The fourth-order valence-corrected chi connectivity index (χ4v) is 3.50. The van der Waals surface area contributed by atoms with Gasteiger partial charge in [-0.25, -0.2) is 0 Å². The molecule has 0 radical (unpaired) electrons. The van der Waals surface area contributed by atoms with E-state index in [0.29, 0.717) is 47.7 Å². The Balaban J connectivity index is 1.49. The third-order valence-corrected chi connectivity index (χ3v) is 4.69. The lowest BCUT2D eigenvalue weighted by Gasteiger charge is -2.18. The van der Waals surface area contributed by atoms with E-state index in [0.717, 1.165) is 4.34 Å². The molecule has 0 bridgehead atoms. The predicted octanol–water partition coefficient (Wildman–Crippen LogP) is 2.01. The van der Waals surface area contributed by atoms with E-state index in [9.17, 15) is 4.79 Å². The van der Waals surface area contributed by atoms with E-state index in [1.807, 2.05) is 0 Å². The summed E-state index contributed by atoms with van der Waals surface area (Å²) in [4.78, 5) is 11.9. The Morgan fingerprint density at radius 3 is 2.91 bits per heavy atom. The van der Waals surface area contributed by atoms with Crippen LogP contribution in [0.15, 0.2) is 22.5 Å². The maximum atomic E-state index is 11.9. The first kappa shape index (κ1) is 14.9. The van der Waals surface area contributed by atoms with Crippen molar-refractivity contribution >= 4 is 39.8 Å². The molecule has 0 aliphatic carbocycles. The number of nitrogens with zero attached hydrogens (tertiary/aromatic N) is 2. The molecule has 3 N–H and O–H groups in total. The average molecular weight is 338 g/mol. The van der Waals surface area contributed by atoms with Crippen LogP contribution in [-0.2, 0) is 4.79 Å². The highest BCUT2D eigenvalue weighted by molar-refractivity contribution is 8.01. The van der Waals surface area contributed by atoms with Gasteiger partial charge >= 0.3 is 0 Å². The number of nitrogens with one attached hydrogen (secondary N) is 1. The summed E-state index contributed by atoms with van der Waals surface area (Å²) in [5.41, 5.74) is 6.19. The van der Waals surface area contributed by atoms with Crippen LogP contribution in [0.2, 0.25) is 0 Å². The summed E-state index contributed by atoms with van der Waals surface area (Å²) in [6, 6.07) is 5.36. The van der Waals surface area contributed by atoms with Gasteiger partial charge in [0.25, 0.3) is 0 Å². The average Bonchev–Trinajstić information content (AvgIpc) is 2.92. The van der Waals surface area contributed by atoms with Crippen molar-refractivity contribution < 1.29 is 14.3 Å². The van der Waals surface area contributed by atoms with E-state index in [1.165, 1.54) is 23.1 Å². The van der Waals surface area contributed by atoms with E-state index >= 15 is 0 Å². The minimum atomic E-state index is -0.0679. The van der Waals surface area contributed by atoms with Gasteiger partial charge in [0.05, 0.1) is 0 Å². The molecule has 0 unspecified atom stereocenters. The fraction of sp³-hybridized carbons (Fsp3) is 0.308. The van der Waals surface area contributed by atoms with Crippen molar-refractivity contribution in [3.8, 4) is 11.5 Å². The number of thioether (sulfide) groups is 1. The molecular formula is C13H14N4O3S2. The summed E-state index contributed by atoms with van der Waals surface area (Å²) in [5.74, 6) is 1.91. The molecular weight excluding hydrogens is 324 g/mol. The number of rotatable bonds is 5. The van der Waals surface area contributed by atoms with Gasteiger partial charge in [-0.05, 0) is 12.1 Å². The predicted molar refractivity (Wildman–Crippen MR) is 85.7 cm³/mol. The topological polar surface area (TPSA) is 99.4 Å². The van der Waals surface area contributed by atoms with Crippen molar-refractivity contribution in [2.75, 3.05) is 30.0 Å². The Hall–Kier alpha value is -2.00. The third kappa shape index (κ3) is 3.80. The second-order valence-electron chi connectivity index (χ2n) is 4.41. The summed E-state index contributed by atoms with van der Waals surface area (Å²) in [6.45, 7) is 1.07. The second-order valence-corrected chi connectivity index (χ2v) is 6.76. The van der Waals surface area contributed by atoms with Crippen molar-refractivity contribution in [2.45, 2.75) is 10.8 Å². The number of hydrogen-bond acceptors (Lipinski definition) is 8. The minimum absolute atomic E-state index is 0.0679. The largest absolute Gasteiger partial charge is 0.486 e. The van der Waals surface area contributed by atoms with Crippen molar-refractivity contribution in [2.24, 2.45) is 0 Å². The Labute approximate surface area is 135 Å². The van der Waals surface area contributed by atoms with Gasteiger partial charge in [0.1, 0.15) is 13.2 Å². The molecule has 2 heterocycles. The molecule has 0 spiro atoms. The number of aromatic nitrogens is 2. The SMILES string of the molecule is Nc1nnc(SCCC(=O)Nc2ccc3c(c2)OCCO3)s1. The quantitative estimate of drug-likeness (QED) is 0.804. The molecule has 1 aliphatic rings. The molecule has 116 valence electrons. The second kappa shape index (κ2) is 6.84. The van der Waals surface area contributed by atoms with Crippen LogP contribution < -0.4 is 20.5 Å². The lowest BCUT2D eigenvalue weighted by molar-refractivity contribution is -0.115. The highest BCUT2D eigenvalue weighted by Gasteiger charge is 2.13. The molecule has 0 atom stereocenters. The Bertz CT molecular complexity index is 677.